The number of Topliss-reactive ketones (excluding diaryl/α,β-unsaturated/α-hetero) is 1. The normalized spacial score (nSPS) is 46.7. The lowest BCUT2D eigenvalue weighted by Gasteiger charge is -2.64. The van der Waals surface area contributed by atoms with Gasteiger partial charge in [0.1, 0.15) is 5.78 Å². The summed E-state index contributed by atoms with van der Waals surface area (Å²) >= 11 is 0. The second-order valence-electron chi connectivity index (χ2n) is 12.3. The molecule has 4 aliphatic rings. The molecule has 0 aliphatic heterocycles. The predicted molar refractivity (Wildman–Crippen MR) is 126 cm³/mol. The standard InChI is InChI=1S/C28H46O4/c1-6-19-23-16-18(29)12-14-28(23,5)22-13-15-27(4)20(9-10-21(27)25(22)26(19)31)17(3)8-11-24(30)32-7-2/h17,19-23,25-26,31H,6-16H2,1-5H3/t17-,19+,20-,21+,22+,23+,25+,26-,27-,28-/m1/s1. The maximum Gasteiger partial charge on any atom is 0.305 e. The minimum absolute atomic E-state index is 0.0675. The van der Waals surface area contributed by atoms with E-state index in [9.17, 15) is 14.7 Å². The van der Waals surface area contributed by atoms with Gasteiger partial charge in [0.05, 0.1) is 12.7 Å². The summed E-state index contributed by atoms with van der Waals surface area (Å²) in [6, 6.07) is 0. The summed E-state index contributed by atoms with van der Waals surface area (Å²) in [6.45, 7) is 11.8. The van der Waals surface area contributed by atoms with E-state index >= 15 is 0 Å². The third-order valence-corrected chi connectivity index (χ3v) is 11.1. The molecule has 182 valence electrons. The Labute approximate surface area is 195 Å². The first-order valence-corrected chi connectivity index (χ1v) is 13.5. The summed E-state index contributed by atoms with van der Waals surface area (Å²) < 4.78 is 5.17. The van der Waals surface area contributed by atoms with Crippen LogP contribution < -0.4 is 0 Å². The first-order valence-electron chi connectivity index (χ1n) is 13.5. The lowest BCUT2D eigenvalue weighted by Crippen LogP contribution is -2.61. The van der Waals surface area contributed by atoms with Crippen LogP contribution in [0.15, 0.2) is 0 Å². The molecule has 0 aromatic carbocycles. The molecule has 0 spiro atoms. The predicted octanol–water partition coefficient (Wildman–Crippen LogP) is 5.80. The van der Waals surface area contributed by atoms with Crippen LogP contribution in [0, 0.1) is 52.3 Å². The molecule has 0 amide bonds. The Balaban J connectivity index is 1.56. The molecule has 0 aromatic heterocycles. The zero-order valence-corrected chi connectivity index (χ0v) is 21.1. The summed E-state index contributed by atoms with van der Waals surface area (Å²) in [5.41, 5.74) is 0.454. The van der Waals surface area contributed by atoms with Crippen LogP contribution >= 0.6 is 0 Å². The minimum atomic E-state index is -0.271. The molecule has 0 saturated heterocycles. The van der Waals surface area contributed by atoms with Gasteiger partial charge in [-0.2, -0.15) is 0 Å². The van der Waals surface area contributed by atoms with Crippen LogP contribution in [-0.4, -0.2) is 29.6 Å². The van der Waals surface area contributed by atoms with Crippen molar-refractivity contribution in [2.24, 2.45) is 52.3 Å². The zero-order chi connectivity index (χ0) is 23.3. The summed E-state index contributed by atoms with van der Waals surface area (Å²) in [5, 5.41) is 11.8. The van der Waals surface area contributed by atoms with Crippen LogP contribution in [0.25, 0.3) is 0 Å². The second-order valence-corrected chi connectivity index (χ2v) is 12.3. The number of ketones is 1. The molecule has 4 nitrogen and oxygen atoms in total. The third-order valence-electron chi connectivity index (χ3n) is 11.1. The average Bonchev–Trinajstić information content (AvgIpc) is 3.11. The SMILES string of the molecule is CCOC(=O)CC[C@@H](C)[C@H]1CC[C@H]2[C@@H]3[C@H](O)[C@@H](CC)[C@@H]4CC(=O)CC[C@]4(C)[C@H]3CC[C@]12C. The van der Waals surface area contributed by atoms with Crippen molar-refractivity contribution in [3.63, 3.8) is 0 Å². The monoisotopic (exact) mass is 446 g/mol. The molecule has 4 rings (SSSR count). The Morgan fingerprint density at radius 2 is 1.81 bits per heavy atom. The number of carbonyl (C=O) groups excluding carboxylic acids is 2. The molecule has 0 heterocycles. The van der Waals surface area contributed by atoms with Crippen LogP contribution in [0.2, 0.25) is 0 Å². The minimum Gasteiger partial charge on any atom is -0.466 e. The van der Waals surface area contributed by atoms with Gasteiger partial charge in [0.15, 0.2) is 0 Å². The maximum absolute atomic E-state index is 12.4. The van der Waals surface area contributed by atoms with Crippen LogP contribution in [-0.2, 0) is 14.3 Å². The lowest BCUT2D eigenvalue weighted by molar-refractivity contribution is -0.194. The number of fused-ring (bicyclic) bond motifs is 5. The molecule has 32 heavy (non-hydrogen) atoms. The zero-order valence-electron chi connectivity index (χ0n) is 21.1. The second kappa shape index (κ2) is 9.04. The number of aliphatic hydroxyl groups excluding tert-OH is 1. The van der Waals surface area contributed by atoms with E-state index in [-0.39, 0.29) is 28.8 Å². The van der Waals surface area contributed by atoms with Crippen molar-refractivity contribution in [2.75, 3.05) is 6.61 Å². The van der Waals surface area contributed by atoms with Gasteiger partial charge < -0.3 is 9.84 Å². The maximum atomic E-state index is 12.4. The van der Waals surface area contributed by atoms with Gasteiger partial charge in [-0.25, -0.2) is 0 Å². The van der Waals surface area contributed by atoms with Crippen molar-refractivity contribution in [2.45, 2.75) is 105 Å². The molecule has 0 aromatic rings. The molecule has 4 heteroatoms. The number of esters is 1. The highest BCUT2D eigenvalue weighted by Crippen LogP contribution is 2.69. The first-order chi connectivity index (χ1) is 15.2. The fourth-order valence-corrected chi connectivity index (χ4v) is 9.52. The summed E-state index contributed by atoms with van der Waals surface area (Å²) in [7, 11) is 0. The number of rotatable bonds is 6. The van der Waals surface area contributed by atoms with Crippen molar-refractivity contribution >= 4 is 11.8 Å². The molecular weight excluding hydrogens is 400 g/mol. The average molecular weight is 447 g/mol. The molecule has 4 fully saturated rings. The van der Waals surface area contributed by atoms with Gasteiger partial charge >= 0.3 is 5.97 Å². The van der Waals surface area contributed by atoms with E-state index in [1.54, 1.807) is 0 Å². The Morgan fingerprint density at radius 3 is 2.50 bits per heavy atom. The van der Waals surface area contributed by atoms with Crippen molar-refractivity contribution in [3.8, 4) is 0 Å². The molecule has 0 unspecified atom stereocenters. The summed E-state index contributed by atoms with van der Waals surface area (Å²) in [5.74, 6) is 3.56. The van der Waals surface area contributed by atoms with Crippen LogP contribution in [0.3, 0.4) is 0 Å². The molecule has 0 radical (unpaired) electrons. The van der Waals surface area contributed by atoms with E-state index in [0.717, 1.165) is 25.7 Å². The van der Waals surface area contributed by atoms with E-state index in [1.165, 1.54) is 25.7 Å². The Bertz CT molecular complexity index is 718. The molecule has 0 bridgehead atoms. The number of ether oxygens (including phenoxy) is 1. The molecular formula is C28H46O4. The van der Waals surface area contributed by atoms with Gasteiger partial charge in [-0.15, -0.1) is 0 Å². The Kier molecular flexibility index (Phi) is 6.85. The van der Waals surface area contributed by atoms with Gasteiger partial charge in [0, 0.05) is 19.3 Å². The number of carbonyl (C=O) groups is 2. The highest BCUT2D eigenvalue weighted by atomic mass is 16.5. The van der Waals surface area contributed by atoms with Gasteiger partial charge in [-0.05, 0) is 97.7 Å². The van der Waals surface area contributed by atoms with Gasteiger partial charge in [-0.1, -0.05) is 34.1 Å². The van der Waals surface area contributed by atoms with Crippen molar-refractivity contribution < 1.29 is 19.4 Å². The van der Waals surface area contributed by atoms with Crippen molar-refractivity contribution in [1.29, 1.82) is 0 Å². The van der Waals surface area contributed by atoms with E-state index in [4.69, 9.17) is 4.74 Å². The van der Waals surface area contributed by atoms with Gasteiger partial charge in [0.25, 0.3) is 0 Å². The lowest BCUT2D eigenvalue weighted by atomic mass is 9.41. The van der Waals surface area contributed by atoms with E-state index in [2.05, 4.69) is 27.7 Å². The number of hydrogen-bond donors (Lipinski definition) is 1. The molecule has 4 saturated carbocycles. The summed E-state index contributed by atoms with van der Waals surface area (Å²) in [4.78, 5) is 24.3. The van der Waals surface area contributed by atoms with Gasteiger partial charge in [0.2, 0.25) is 0 Å². The van der Waals surface area contributed by atoms with Crippen LogP contribution in [0.5, 0.6) is 0 Å². The smallest absolute Gasteiger partial charge is 0.305 e. The molecule has 1 N–H and O–H groups in total. The van der Waals surface area contributed by atoms with Crippen molar-refractivity contribution in [3.05, 3.63) is 0 Å². The quantitative estimate of drug-likeness (QED) is 0.524. The molecule has 10 atom stereocenters. The van der Waals surface area contributed by atoms with Crippen molar-refractivity contribution in [1.82, 2.24) is 0 Å². The molecule has 4 aliphatic carbocycles. The van der Waals surface area contributed by atoms with Gasteiger partial charge in [-0.3, -0.25) is 9.59 Å². The van der Waals surface area contributed by atoms with E-state index in [1.807, 2.05) is 6.92 Å². The van der Waals surface area contributed by atoms with Crippen LogP contribution in [0.4, 0.5) is 0 Å². The third kappa shape index (κ3) is 3.77. The van der Waals surface area contributed by atoms with E-state index < -0.39 is 0 Å². The highest BCUT2D eigenvalue weighted by molar-refractivity contribution is 5.79. The number of aliphatic hydroxyl groups is 1. The summed E-state index contributed by atoms with van der Waals surface area (Å²) in [6.07, 6.45) is 9.41. The fraction of sp³-hybridized carbons (Fsp3) is 0.929. The fourth-order valence-electron chi connectivity index (χ4n) is 9.52. The van der Waals surface area contributed by atoms with Crippen LogP contribution in [0.1, 0.15) is 98.8 Å². The number of hydrogen-bond acceptors (Lipinski definition) is 4. The largest absolute Gasteiger partial charge is 0.466 e. The van der Waals surface area contributed by atoms with E-state index in [0.29, 0.717) is 60.7 Å². The Hall–Kier alpha value is -0.900. The topological polar surface area (TPSA) is 63.6 Å². The first kappa shape index (κ1) is 24.2. The Morgan fingerprint density at radius 1 is 1.09 bits per heavy atom. The highest BCUT2D eigenvalue weighted by Gasteiger charge is 2.64.